The number of primary amides is 1. The SMILES string of the molecule is CC(Oc1ccc(-c2ccccc2)cc1Cl)C(N)=O. The maximum atomic E-state index is 11.0. The van der Waals surface area contributed by atoms with Crippen molar-refractivity contribution in [2.24, 2.45) is 5.73 Å². The number of hydrogen-bond donors (Lipinski definition) is 1. The van der Waals surface area contributed by atoms with Crippen LogP contribution in [0.1, 0.15) is 6.92 Å². The van der Waals surface area contributed by atoms with Crippen molar-refractivity contribution < 1.29 is 9.53 Å². The van der Waals surface area contributed by atoms with Crippen LogP contribution in [0.2, 0.25) is 5.02 Å². The van der Waals surface area contributed by atoms with E-state index in [-0.39, 0.29) is 0 Å². The van der Waals surface area contributed by atoms with Crippen molar-refractivity contribution in [1.82, 2.24) is 0 Å². The van der Waals surface area contributed by atoms with Gasteiger partial charge in [0.05, 0.1) is 5.02 Å². The van der Waals surface area contributed by atoms with Crippen LogP contribution in [0.25, 0.3) is 11.1 Å². The Balaban J connectivity index is 2.25. The van der Waals surface area contributed by atoms with Gasteiger partial charge in [-0.2, -0.15) is 0 Å². The maximum Gasteiger partial charge on any atom is 0.258 e. The molecule has 0 saturated heterocycles. The maximum absolute atomic E-state index is 11.0. The van der Waals surface area contributed by atoms with E-state index in [2.05, 4.69) is 0 Å². The first kappa shape index (κ1) is 13.4. The molecular weight excluding hydrogens is 262 g/mol. The van der Waals surface area contributed by atoms with Crippen LogP contribution in [0.5, 0.6) is 5.75 Å². The number of benzene rings is 2. The van der Waals surface area contributed by atoms with Crippen molar-refractivity contribution >= 4 is 17.5 Å². The van der Waals surface area contributed by atoms with Gasteiger partial charge in [0.15, 0.2) is 6.10 Å². The molecule has 0 aromatic heterocycles. The van der Waals surface area contributed by atoms with Gasteiger partial charge in [-0.3, -0.25) is 4.79 Å². The Morgan fingerprint density at radius 2 is 1.84 bits per heavy atom. The number of halogens is 1. The molecule has 19 heavy (non-hydrogen) atoms. The summed E-state index contributed by atoms with van der Waals surface area (Å²) in [7, 11) is 0. The van der Waals surface area contributed by atoms with Crippen LogP contribution < -0.4 is 10.5 Å². The number of carbonyl (C=O) groups excluding carboxylic acids is 1. The lowest BCUT2D eigenvalue weighted by atomic mass is 10.1. The van der Waals surface area contributed by atoms with Gasteiger partial charge in [0.2, 0.25) is 0 Å². The average molecular weight is 276 g/mol. The first-order valence-electron chi connectivity index (χ1n) is 5.89. The Morgan fingerprint density at radius 1 is 1.16 bits per heavy atom. The Hall–Kier alpha value is -2.00. The van der Waals surface area contributed by atoms with Crippen molar-refractivity contribution in [2.45, 2.75) is 13.0 Å². The summed E-state index contributed by atoms with van der Waals surface area (Å²) < 4.78 is 5.39. The molecule has 0 fully saturated rings. The second kappa shape index (κ2) is 5.76. The molecule has 2 aromatic carbocycles. The summed E-state index contributed by atoms with van der Waals surface area (Å²) >= 11 is 6.15. The third-order valence-electron chi connectivity index (χ3n) is 2.74. The van der Waals surface area contributed by atoms with Gasteiger partial charge >= 0.3 is 0 Å². The highest BCUT2D eigenvalue weighted by molar-refractivity contribution is 6.32. The van der Waals surface area contributed by atoms with E-state index >= 15 is 0 Å². The van der Waals surface area contributed by atoms with E-state index in [1.54, 1.807) is 19.1 Å². The zero-order valence-electron chi connectivity index (χ0n) is 10.5. The predicted octanol–water partition coefficient (Wildman–Crippen LogP) is 3.26. The number of amides is 1. The molecule has 0 aliphatic carbocycles. The van der Waals surface area contributed by atoms with Gasteiger partial charge in [-0.25, -0.2) is 0 Å². The zero-order valence-corrected chi connectivity index (χ0v) is 11.2. The summed E-state index contributed by atoms with van der Waals surface area (Å²) in [5.74, 6) is -0.0733. The molecule has 0 aliphatic rings. The molecule has 98 valence electrons. The first-order chi connectivity index (χ1) is 9.08. The quantitative estimate of drug-likeness (QED) is 0.931. The molecule has 3 nitrogen and oxygen atoms in total. The molecule has 2 aromatic rings. The van der Waals surface area contributed by atoms with E-state index in [9.17, 15) is 4.79 Å². The standard InChI is InChI=1S/C15H14ClNO2/c1-10(15(17)18)19-14-8-7-12(9-13(14)16)11-5-3-2-4-6-11/h2-10H,1H3,(H2,17,18). The molecule has 0 radical (unpaired) electrons. The summed E-state index contributed by atoms with van der Waals surface area (Å²) in [6.07, 6.45) is -0.708. The highest BCUT2D eigenvalue weighted by atomic mass is 35.5. The van der Waals surface area contributed by atoms with Gasteiger partial charge in [0.1, 0.15) is 5.75 Å². The molecule has 2 N–H and O–H groups in total. The third-order valence-corrected chi connectivity index (χ3v) is 3.04. The zero-order chi connectivity index (χ0) is 13.8. The summed E-state index contributed by atoms with van der Waals surface area (Å²) in [6, 6.07) is 15.3. The molecule has 0 spiro atoms. The molecule has 0 heterocycles. The lowest BCUT2D eigenvalue weighted by Crippen LogP contribution is -2.30. The van der Waals surface area contributed by atoms with Crippen molar-refractivity contribution in [1.29, 1.82) is 0 Å². The van der Waals surface area contributed by atoms with Crippen LogP contribution in [-0.2, 0) is 4.79 Å². The highest BCUT2D eigenvalue weighted by Crippen LogP contribution is 2.30. The summed E-state index contributed by atoms with van der Waals surface area (Å²) in [4.78, 5) is 11.0. The van der Waals surface area contributed by atoms with Gasteiger partial charge in [-0.05, 0) is 30.2 Å². The minimum atomic E-state index is -0.708. The molecule has 1 atom stereocenters. The fraction of sp³-hybridized carbons (Fsp3) is 0.133. The van der Waals surface area contributed by atoms with Crippen LogP contribution >= 0.6 is 11.6 Å². The fourth-order valence-corrected chi connectivity index (χ4v) is 1.88. The van der Waals surface area contributed by atoms with E-state index in [1.807, 2.05) is 36.4 Å². The van der Waals surface area contributed by atoms with E-state index in [0.717, 1.165) is 11.1 Å². The molecule has 1 unspecified atom stereocenters. The normalized spacial score (nSPS) is 11.9. The molecule has 0 aliphatic heterocycles. The number of hydrogen-bond acceptors (Lipinski definition) is 2. The van der Waals surface area contributed by atoms with Crippen LogP contribution in [0.3, 0.4) is 0 Å². The van der Waals surface area contributed by atoms with Gasteiger partial charge in [-0.1, -0.05) is 48.0 Å². The highest BCUT2D eigenvalue weighted by Gasteiger charge is 2.12. The number of rotatable bonds is 4. The Morgan fingerprint density at radius 3 is 2.42 bits per heavy atom. The number of ether oxygens (including phenoxy) is 1. The lowest BCUT2D eigenvalue weighted by Gasteiger charge is -2.13. The predicted molar refractivity (Wildman–Crippen MR) is 76.2 cm³/mol. The fourth-order valence-electron chi connectivity index (χ4n) is 1.66. The number of nitrogens with two attached hydrogens (primary N) is 1. The minimum absolute atomic E-state index is 0.452. The van der Waals surface area contributed by atoms with Gasteiger partial charge in [0, 0.05) is 0 Å². The summed E-state index contributed by atoms with van der Waals surface area (Å²) in [5.41, 5.74) is 7.21. The Labute approximate surface area is 117 Å². The molecule has 0 saturated carbocycles. The molecular formula is C15H14ClNO2. The monoisotopic (exact) mass is 275 g/mol. The average Bonchev–Trinajstić information content (AvgIpc) is 2.41. The van der Waals surface area contributed by atoms with Crippen molar-refractivity contribution in [3.05, 3.63) is 53.6 Å². The molecule has 4 heteroatoms. The van der Waals surface area contributed by atoms with E-state index in [4.69, 9.17) is 22.1 Å². The second-order valence-corrected chi connectivity index (χ2v) is 4.58. The van der Waals surface area contributed by atoms with Crippen LogP contribution in [0, 0.1) is 0 Å². The summed E-state index contributed by atoms with van der Waals surface area (Å²) in [5, 5.41) is 0.453. The van der Waals surface area contributed by atoms with E-state index < -0.39 is 12.0 Å². The molecule has 2 rings (SSSR count). The van der Waals surface area contributed by atoms with Crippen LogP contribution in [0.15, 0.2) is 48.5 Å². The van der Waals surface area contributed by atoms with Crippen molar-refractivity contribution in [2.75, 3.05) is 0 Å². The van der Waals surface area contributed by atoms with Crippen molar-refractivity contribution in [3.8, 4) is 16.9 Å². The first-order valence-corrected chi connectivity index (χ1v) is 6.26. The van der Waals surface area contributed by atoms with Crippen LogP contribution in [-0.4, -0.2) is 12.0 Å². The van der Waals surface area contributed by atoms with Crippen LogP contribution in [0.4, 0.5) is 0 Å². The molecule has 0 bridgehead atoms. The van der Waals surface area contributed by atoms with Gasteiger partial charge in [0.25, 0.3) is 5.91 Å². The lowest BCUT2D eigenvalue weighted by molar-refractivity contribution is -0.123. The molecule has 1 amide bonds. The smallest absolute Gasteiger partial charge is 0.258 e. The minimum Gasteiger partial charge on any atom is -0.479 e. The summed E-state index contributed by atoms with van der Waals surface area (Å²) in [6.45, 7) is 1.59. The van der Waals surface area contributed by atoms with Crippen molar-refractivity contribution in [3.63, 3.8) is 0 Å². The van der Waals surface area contributed by atoms with Gasteiger partial charge in [-0.15, -0.1) is 0 Å². The Kier molecular flexibility index (Phi) is 4.07. The number of carbonyl (C=O) groups is 1. The Bertz CT molecular complexity index is 584. The van der Waals surface area contributed by atoms with E-state index in [1.165, 1.54) is 0 Å². The van der Waals surface area contributed by atoms with Gasteiger partial charge < -0.3 is 10.5 Å². The second-order valence-electron chi connectivity index (χ2n) is 4.17. The topological polar surface area (TPSA) is 52.3 Å². The largest absolute Gasteiger partial charge is 0.479 e. The van der Waals surface area contributed by atoms with E-state index in [0.29, 0.717) is 10.8 Å². The third kappa shape index (κ3) is 3.26.